The highest BCUT2D eigenvalue weighted by molar-refractivity contribution is 7.08. The van der Waals surface area contributed by atoms with Crippen molar-refractivity contribution in [2.24, 2.45) is 0 Å². The van der Waals surface area contributed by atoms with Gasteiger partial charge in [-0.15, -0.1) is 13.2 Å². The molecule has 3 rings (SSSR count). The average molecular weight is 396 g/mol. The maximum atomic E-state index is 12.1. The van der Waals surface area contributed by atoms with Crippen LogP contribution in [-0.4, -0.2) is 22.5 Å². The summed E-state index contributed by atoms with van der Waals surface area (Å²) in [5.41, 5.74) is 1.28. The van der Waals surface area contributed by atoms with Gasteiger partial charge in [-0.2, -0.15) is 16.3 Å². The third-order valence-electron chi connectivity index (χ3n) is 3.11. The Bertz CT molecular complexity index is 919. The summed E-state index contributed by atoms with van der Waals surface area (Å²) in [5, 5.41) is 7.42. The monoisotopic (exact) mass is 396 g/mol. The molecule has 3 aromatic rings. The number of aromatic nitrogens is 2. The van der Waals surface area contributed by atoms with E-state index in [1.165, 1.54) is 29.5 Å². The Hall–Kier alpha value is -3.14. The Morgan fingerprint density at radius 3 is 2.67 bits per heavy atom. The lowest BCUT2D eigenvalue weighted by atomic mass is 10.2. The van der Waals surface area contributed by atoms with E-state index in [4.69, 9.17) is 9.26 Å². The lowest BCUT2D eigenvalue weighted by Crippen LogP contribution is -2.16. The number of benzene rings is 1. The fourth-order valence-electron chi connectivity index (χ4n) is 1.94. The Labute approximate surface area is 154 Å². The average Bonchev–Trinajstić information content (AvgIpc) is 3.29. The van der Waals surface area contributed by atoms with E-state index in [9.17, 15) is 18.0 Å². The van der Waals surface area contributed by atoms with Crippen LogP contribution in [0, 0.1) is 0 Å². The summed E-state index contributed by atoms with van der Waals surface area (Å²) in [4.78, 5) is 15.8. The highest BCUT2D eigenvalue weighted by atomic mass is 32.1. The summed E-state index contributed by atoms with van der Waals surface area (Å²) >= 11 is 1.48. The van der Waals surface area contributed by atoms with Crippen LogP contribution in [0.25, 0.3) is 17.5 Å². The molecule has 10 heteroatoms. The maximum absolute atomic E-state index is 12.1. The first-order valence-corrected chi connectivity index (χ1v) is 8.39. The number of carbonyl (C=O) groups excluding carboxylic acids is 1. The molecule has 2 aromatic heterocycles. The van der Waals surface area contributed by atoms with Crippen molar-refractivity contribution in [1.82, 2.24) is 10.1 Å². The number of hydrogen-bond acceptors (Lipinski definition) is 7. The van der Waals surface area contributed by atoms with Crippen LogP contribution in [0.5, 0.6) is 5.75 Å². The molecule has 0 fully saturated rings. The standard InChI is InChI=1S/C17H11F3N2O4S/c18-17(19,20)25-13-4-1-11(2-5-13)3-6-15(23)24-9-14-21-16(26-22-14)12-7-8-27-10-12/h1-8,10H,9H2/b6-3+. The van der Waals surface area contributed by atoms with Crippen LogP contribution < -0.4 is 4.74 Å². The van der Waals surface area contributed by atoms with E-state index >= 15 is 0 Å². The molecular formula is C17H11F3N2O4S. The first-order chi connectivity index (χ1) is 12.9. The van der Waals surface area contributed by atoms with Crippen molar-refractivity contribution in [3.8, 4) is 17.2 Å². The van der Waals surface area contributed by atoms with E-state index in [-0.39, 0.29) is 18.2 Å². The van der Waals surface area contributed by atoms with Crippen LogP contribution in [-0.2, 0) is 16.1 Å². The highest BCUT2D eigenvalue weighted by Crippen LogP contribution is 2.23. The Kier molecular flexibility index (Phi) is 5.55. The van der Waals surface area contributed by atoms with Gasteiger partial charge in [0.05, 0.1) is 5.56 Å². The molecule has 0 aliphatic rings. The molecule has 0 bridgehead atoms. The molecule has 0 N–H and O–H groups in total. The molecule has 0 atom stereocenters. The largest absolute Gasteiger partial charge is 0.573 e. The highest BCUT2D eigenvalue weighted by Gasteiger charge is 2.30. The second kappa shape index (κ2) is 8.04. The predicted octanol–water partition coefficient (Wildman–Crippen LogP) is 4.45. The van der Waals surface area contributed by atoms with Gasteiger partial charge in [-0.25, -0.2) is 4.79 Å². The zero-order valence-corrected chi connectivity index (χ0v) is 14.3. The van der Waals surface area contributed by atoms with Crippen LogP contribution in [0.3, 0.4) is 0 Å². The number of nitrogens with zero attached hydrogens (tertiary/aromatic N) is 2. The van der Waals surface area contributed by atoms with E-state index in [2.05, 4.69) is 14.9 Å². The van der Waals surface area contributed by atoms with E-state index < -0.39 is 12.3 Å². The first kappa shape index (κ1) is 18.6. The quantitative estimate of drug-likeness (QED) is 0.453. The number of alkyl halides is 3. The van der Waals surface area contributed by atoms with E-state index in [1.54, 1.807) is 0 Å². The van der Waals surface area contributed by atoms with Crippen molar-refractivity contribution in [3.05, 3.63) is 58.6 Å². The van der Waals surface area contributed by atoms with Gasteiger partial charge in [0.1, 0.15) is 5.75 Å². The first-order valence-electron chi connectivity index (χ1n) is 7.45. The molecule has 140 valence electrons. The third kappa shape index (κ3) is 5.68. The van der Waals surface area contributed by atoms with Crippen molar-refractivity contribution in [2.75, 3.05) is 0 Å². The number of ether oxygens (including phenoxy) is 2. The van der Waals surface area contributed by atoms with Gasteiger partial charge in [0.25, 0.3) is 5.89 Å². The summed E-state index contributed by atoms with van der Waals surface area (Å²) in [5.74, 6) is -0.459. The summed E-state index contributed by atoms with van der Waals surface area (Å²) < 4.78 is 50.1. The van der Waals surface area contributed by atoms with Gasteiger partial charge in [0.15, 0.2) is 6.61 Å². The minimum Gasteiger partial charge on any atom is -0.454 e. The Balaban J connectivity index is 1.50. The van der Waals surface area contributed by atoms with Crippen LogP contribution in [0.2, 0.25) is 0 Å². The third-order valence-corrected chi connectivity index (χ3v) is 3.79. The second-order valence-corrected chi connectivity index (χ2v) is 5.87. The zero-order chi connectivity index (χ0) is 19.3. The van der Waals surface area contributed by atoms with Crippen molar-refractivity contribution in [3.63, 3.8) is 0 Å². The lowest BCUT2D eigenvalue weighted by molar-refractivity contribution is -0.274. The Morgan fingerprint density at radius 2 is 2.00 bits per heavy atom. The van der Waals surface area contributed by atoms with Gasteiger partial charge in [0.2, 0.25) is 5.82 Å². The molecule has 0 radical (unpaired) electrons. The van der Waals surface area contributed by atoms with Gasteiger partial charge in [-0.1, -0.05) is 17.3 Å². The Morgan fingerprint density at radius 1 is 1.22 bits per heavy atom. The molecule has 27 heavy (non-hydrogen) atoms. The van der Waals surface area contributed by atoms with Gasteiger partial charge < -0.3 is 14.0 Å². The molecule has 2 heterocycles. The second-order valence-electron chi connectivity index (χ2n) is 5.09. The number of carbonyl (C=O) groups is 1. The molecule has 0 spiro atoms. The normalized spacial score (nSPS) is 11.7. The molecule has 0 saturated carbocycles. The number of esters is 1. The molecule has 0 unspecified atom stereocenters. The van der Waals surface area contributed by atoms with Crippen LogP contribution in [0.4, 0.5) is 13.2 Å². The van der Waals surface area contributed by atoms with Gasteiger partial charge in [-0.05, 0) is 35.2 Å². The summed E-state index contributed by atoms with van der Waals surface area (Å²) in [6, 6.07) is 6.85. The fourth-order valence-corrected chi connectivity index (χ4v) is 2.57. The lowest BCUT2D eigenvalue weighted by Gasteiger charge is -2.08. The van der Waals surface area contributed by atoms with Gasteiger partial charge in [0, 0.05) is 11.5 Å². The predicted molar refractivity (Wildman–Crippen MR) is 89.6 cm³/mol. The summed E-state index contributed by atoms with van der Waals surface area (Å²) in [6.07, 6.45) is -2.22. The number of thiophene rings is 1. The number of halogens is 3. The molecule has 0 aliphatic carbocycles. The smallest absolute Gasteiger partial charge is 0.454 e. The number of hydrogen-bond donors (Lipinski definition) is 0. The summed E-state index contributed by atoms with van der Waals surface area (Å²) in [7, 11) is 0. The van der Waals surface area contributed by atoms with Crippen molar-refractivity contribution in [1.29, 1.82) is 0 Å². The SMILES string of the molecule is O=C(/C=C/c1ccc(OC(F)(F)F)cc1)OCc1noc(-c2ccsc2)n1. The summed E-state index contributed by atoms with van der Waals surface area (Å²) in [6.45, 7) is -0.171. The minimum atomic E-state index is -4.75. The van der Waals surface area contributed by atoms with Gasteiger partial charge >= 0.3 is 12.3 Å². The van der Waals surface area contributed by atoms with E-state index in [0.717, 1.165) is 23.8 Å². The van der Waals surface area contributed by atoms with E-state index in [1.807, 2.05) is 16.8 Å². The van der Waals surface area contributed by atoms with Crippen LogP contribution in [0.15, 0.2) is 51.7 Å². The molecule has 6 nitrogen and oxygen atoms in total. The molecule has 1 aromatic carbocycles. The van der Waals surface area contributed by atoms with Crippen LogP contribution in [0.1, 0.15) is 11.4 Å². The fraction of sp³-hybridized carbons (Fsp3) is 0.118. The van der Waals surface area contributed by atoms with Crippen molar-refractivity contribution < 1.29 is 32.0 Å². The minimum absolute atomic E-state index is 0.171. The molecule has 0 amide bonds. The van der Waals surface area contributed by atoms with Gasteiger partial charge in [-0.3, -0.25) is 0 Å². The van der Waals surface area contributed by atoms with Crippen molar-refractivity contribution in [2.45, 2.75) is 13.0 Å². The van der Waals surface area contributed by atoms with Crippen molar-refractivity contribution >= 4 is 23.4 Å². The molecule has 0 aliphatic heterocycles. The van der Waals surface area contributed by atoms with E-state index in [0.29, 0.717) is 11.5 Å². The topological polar surface area (TPSA) is 74.5 Å². The maximum Gasteiger partial charge on any atom is 0.573 e. The zero-order valence-electron chi connectivity index (χ0n) is 13.5. The molecular weight excluding hydrogens is 385 g/mol. The van der Waals surface area contributed by atoms with Crippen LogP contribution >= 0.6 is 11.3 Å². The number of rotatable bonds is 6. The molecule has 0 saturated heterocycles.